The summed E-state index contributed by atoms with van der Waals surface area (Å²) >= 11 is 0. The Morgan fingerprint density at radius 2 is 1.12 bits per heavy atom. The second-order valence-electron chi connectivity index (χ2n) is 7.37. The molecular formula is C23H42NP. The van der Waals surface area contributed by atoms with Gasteiger partial charge in [0.05, 0.1) is 0 Å². The van der Waals surface area contributed by atoms with Crippen LogP contribution < -0.4 is 5.32 Å². The molecule has 0 heterocycles. The van der Waals surface area contributed by atoms with Crippen molar-refractivity contribution in [1.29, 1.82) is 0 Å². The van der Waals surface area contributed by atoms with Gasteiger partial charge in [-0.3, -0.25) is 0 Å². The first kappa shape index (κ1) is 24.4. The molecule has 0 aromatic carbocycles. The molecular weight excluding hydrogens is 321 g/mol. The van der Waals surface area contributed by atoms with Crippen LogP contribution in [0, 0.1) is 0 Å². The van der Waals surface area contributed by atoms with Crippen molar-refractivity contribution in [3.8, 4) is 0 Å². The van der Waals surface area contributed by atoms with Crippen LogP contribution in [0.2, 0.25) is 0 Å². The Balaban J connectivity index is 3.90. The molecule has 0 spiro atoms. The van der Waals surface area contributed by atoms with Gasteiger partial charge in [-0.2, -0.15) is 0 Å². The lowest BCUT2D eigenvalue weighted by molar-refractivity contribution is 0.780. The minimum Gasteiger partial charge on any atom is -0.313 e. The van der Waals surface area contributed by atoms with Crippen LogP contribution in [0.5, 0.6) is 0 Å². The maximum absolute atomic E-state index is 3.46. The van der Waals surface area contributed by atoms with Gasteiger partial charge in [-0.25, -0.2) is 0 Å². The van der Waals surface area contributed by atoms with Crippen molar-refractivity contribution in [2.75, 3.05) is 19.5 Å². The minimum atomic E-state index is 1.01. The zero-order chi connectivity index (χ0) is 18.9. The largest absolute Gasteiger partial charge is 0.313 e. The third-order valence-electron chi connectivity index (χ3n) is 4.27. The molecule has 0 aliphatic heterocycles. The van der Waals surface area contributed by atoms with Gasteiger partial charge >= 0.3 is 0 Å². The molecule has 0 aliphatic rings. The van der Waals surface area contributed by atoms with E-state index in [0.29, 0.717) is 0 Å². The lowest BCUT2D eigenvalue weighted by atomic mass is 10.0. The van der Waals surface area contributed by atoms with Crippen molar-refractivity contribution >= 4 is 8.58 Å². The molecule has 1 unspecified atom stereocenters. The Bertz CT molecular complexity index is 451. The third kappa shape index (κ3) is 18.0. The van der Waals surface area contributed by atoms with Crippen molar-refractivity contribution in [2.24, 2.45) is 0 Å². The van der Waals surface area contributed by atoms with Crippen molar-refractivity contribution in [3.05, 3.63) is 46.6 Å². The maximum atomic E-state index is 3.46. The van der Waals surface area contributed by atoms with Crippen LogP contribution in [0.15, 0.2) is 46.6 Å². The van der Waals surface area contributed by atoms with E-state index in [2.05, 4.69) is 70.9 Å². The minimum absolute atomic E-state index is 1.01. The average Bonchev–Trinajstić information content (AvgIpc) is 2.54. The summed E-state index contributed by atoms with van der Waals surface area (Å²) in [5.41, 5.74) is 6.02. The first-order valence-corrected chi connectivity index (χ1v) is 11.6. The summed E-state index contributed by atoms with van der Waals surface area (Å²) in [6.07, 6.45) is 19.0. The number of hydrogen-bond acceptors (Lipinski definition) is 1. The maximum Gasteiger partial charge on any atom is 0.0124 e. The van der Waals surface area contributed by atoms with Gasteiger partial charge in [0, 0.05) is 6.29 Å². The molecule has 0 amide bonds. The predicted molar refractivity (Wildman–Crippen MR) is 120 cm³/mol. The third-order valence-corrected chi connectivity index (χ3v) is 4.87. The van der Waals surface area contributed by atoms with Crippen LogP contribution in [-0.4, -0.2) is 19.5 Å². The molecule has 0 bridgehead atoms. The number of rotatable bonds is 14. The zero-order valence-electron chi connectivity index (χ0n) is 17.7. The molecule has 25 heavy (non-hydrogen) atoms. The first-order chi connectivity index (χ1) is 12.0. The fourth-order valence-corrected chi connectivity index (χ4v) is 3.05. The number of hydrogen-bond donors (Lipinski definition) is 1. The van der Waals surface area contributed by atoms with Gasteiger partial charge in [-0.15, -0.1) is 8.58 Å². The quantitative estimate of drug-likeness (QED) is 0.193. The second-order valence-corrected chi connectivity index (χ2v) is 8.43. The van der Waals surface area contributed by atoms with E-state index in [-0.39, 0.29) is 0 Å². The molecule has 0 aliphatic carbocycles. The highest BCUT2D eigenvalue weighted by molar-refractivity contribution is 7.36. The molecule has 0 fully saturated rings. The first-order valence-electron chi connectivity index (χ1n) is 9.91. The lowest BCUT2D eigenvalue weighted by Gasteiger charge is -2.03. The molecule has 0 radical (unpaired) electrons. The van der Waals surface area contributed by atoms with Crippen molar-refractivity contribution in [3.63, 3.8) is 0 Å². The lowest BCUT2D eigenvalue weighted by Crippen LogP contribution is -2.12. The smallest absolute Gasteiger partial charge is 0.0124 e. The van der Waals surface area contributed by atoms with Gasteiger partial charge in [0.1, 0.15) is 0 Å². The summed E-state index contributed by atoms with van der Waals surface area (Å²) in [5, 5.41) is 3.46. The fourth-order valence-electron chi connectivity index (χ4n) is 2.62. The Kier molecular flexibility index (Phi) is 16.4. The van der Waals surface area contributed by atoms with Crippen LogP contribution in [0.25, 0.3) is 0 Å². The van der Waals surface area contributed by atoms with Gasteiger partial charge < -0.3 is 5.32 Å². The van der Waals surface area contributed by atoms with Crippen LogP contribution in [0.1, 0.15) is 79.6 Å². The summed E-state index contributed by atoms with van der Waals surface area (Å²) in [7, 11) is 1.01. The SMILES string of the molecule is CPCNCC/C=C(\C)CC/C=C(\C)CC/C=C(\C)CCC=C(C)C. The summed E-state index contributed by atoms with van der Waals surface area (Å²) in [4.78, 5) is 0. The molecule has 0 saturated heterocycles. The van der Waals surface area contributed by atoms with Crippen LogP contribution in [0.4, 0.5) is 0 Å². The summed E-state index contributed by atoms with van der Waals surface area (Å²) in [5.74, 6) is 0. The Morgan fingerprint density at radius 3 is 1.56 bits per heavy atom. The van der Waals surface area contributed by atoms with Crippen LogP contribution in [0.3, 0.4) is 0 Å². The topological polar surface area (TPSA) is 12.0 Å². The molecule has 0 aromatic rings. The monoisotopic (exact) mass is 363 g/mol. The Hall–Kier alpha value is -0.650. The molecule has 1 N–H and O–H groups in total. The molecule has 0 aromatic heterocycles. The highest BCUT2D eigenvalue weighted by Crippen LogP contribution is 2.13. The Morgan fingerprint density at radius 1 is 0.680 bits per heavy atom. The highest BCUT2D eigenvalue weighted by atomic mass is 31.1. The average molecular weight is 364 g/mol. The molecule has 1 atom stereocenters. The summed E-state index contributed by atoms with van der Waals surface area (Å²) in [6, 6.07) is 0. The van der Waals surface area contributed by atoms with E-state index in [1.165, 1.54) is 60.8 Å². The number of allylic oxidation sites excluding steroid dienone is 7. The second kappa shape index (κ2) is 16.8. The molecule has 0 saturated carbocycles. The van der Waals surface area contributed by atoms with E-state index in [9.17, 15) is 0 Å². The Labute approximate surface area is 159 Å². The molecule has 0 rings (SSSR count). The van der Waals surface area contributed by atoms with E-state index in [1.807, 2.05) is 0 Å². The highest BCUT2D eigenvalue weighted by Gasteiger charge is 1.94. The van der Waals surface area contributed by atoms with E-state index in [4.69, 9.17) is 0 Å². The van der Waals surface area contributed by atoms with Gasteiger partial charge in [-0.05, 0) is 92.8 Å². The van der Waals surface area contributed by atoms with Crippen LogP contribution >= 0.6 is 8.58 Å². The summed E-state index contributed by atoms with van der Waals surface area (Å²) in [6.45, 7) is 14.5. The zero-order valence-corrected chi connectivity index (χ0v) is 18.7. The predicted octanol–water partition coefficient (Wildman–Crippen LogP) is 7.38. The molecule has 1 nitrogen and oxygen atoms in total. The van der Waals surface area contributed by atoms with Crippen molar-refractivity contribution < 1.29 is 0 Å². The number of nitrogens with one attached hydrogen (secondary N) is 1. The van der Waals surface area contributed by atoms with E-state index in [1.54, 1.807) is 0 Å². The van der Waals surface area contributed by atoms with Crippen LogP contribution in [-0.2, 0) is 0 Å². The van der Waals surface area contributed by atoms with E-state index >= 15 is 0 Å². The van der Waals surface area contributed by atoms with E-state index in [0.717, 1.165) is 27.8 Å². The van der Waals surface area contributed by atoms with E-state index < -0.39 is 0 Å². The standard InChI is InChI=1S/C23H42NP/c1-20(2)11-7-12-21(3)13-8-14-22(4)15-9-16-23(5)17-10-18-24-19-25-6/h11,13,15,17,24-25H,7-10,12,14,16,18-19H2,1-6H3/b21-13+,22-15+,23-17+. The summed E-state index contributed by atoms with van der Waals surface area (Å²) < 4.78 is 0. The molecule has 2 heteroatoms. The normalized spacial score (nSPS) is 13.8. The van der Waals surface area contributed by atoms with Gasteiger partial charge in [-0.1, -0.05) is 46.6 Å². The van der Waals surface area contributed by atoms with Gasteiger partial charge in [0.15, 0.2) is 0 Å². The molecule has 144 valence electrons. The van der Waals surface area contributed by atoms with Crippen molar-refractivity contribution in [1.82, 2.24) is 5.32 Å². The fraction of sp³-hybridized carbons (Fsp3) is 0.652. The van der Waals surface area contributed by atoms with Crippen molar-refractivity contribution in [2.45, 2.75) is 79.6 Å². The van der Waals surface area contributed by atoms with Gasteiger partial charge in [0.25, 0.3) is 0 Å². The van der Waals surface area contributed by atoms with Gasteiger partial charge in [0.2, 0.25) is 0 Å².